The monoisotopic (exact) mass is 224 g/mol. The highest BCUT2D eigenvalue weighted by Crippen LogP contribution is 2.66. The van der Waals surface area contributed by atoms with Crippen molar-refractivity contribution in [2.24, 2.45) is 16.7 Å². The van der Waals surface area contributed by atoms with E-state index in [0.717, 1.165) is 18.8 Å². The van der Waals surface area contributed by atoms with E-state index in [-0.39, 0.29) is 17.5 Å². The van der Waals surface area contributed by atoms with Crippen LogP contribution in [0.2, 0.25) is 0 Å². The number of rotatable bonds is 3. The summed E-state index contributed by atoms with van der Waals surface area (Å²) in [4.78, 5) is 11.6. The van der Waals surface area contributed by atoms with Gasteiger partial charge in [0.2, 0.25) is 0 Å². The number of ether oxygens (including phenoxy) is 1. The number of esters is 1. The van der Waals surface area contributed by atoms with Gasteiger partial charge < -0.3 is 4.74 Å². The second-order valence-electron chi connectivity index (χ2n) is 6.34. The average Bonchev–Trinajstić information content (AvgIpc) is 2.51. The Bertz CT molecular complexity index is 295. The fourth-order valence-corrected chi connectivity index (χ4v) is 3.73. The van der Waals surface area contributed by atoms with Crippen LogP contribution in [0.25, 0.3) is 0 Å². The standard InChI is InChI=1S/C14H24O2/c1-5-6-12(15)16-11-9-10-7-8-14(11,4)13(10,2)3/h10-11H,5-9H2,1-4H3/t10?,11?,14-/m1/s1. The number of fused-ring (bicyclic) bond motifs is 2. The van der Waals surface area contributed by atoms with Crippen LogP contribution in [0.3, 0.4) is 0 Å². The van der Waals surface area contributed by atoms with Crippen molar-refractivity contribution < 1.29 is 9.53 Å². The number of carbonyl (C=O) groups is 1. The molecule has 16 heavy (non-hydrogen) atoms. The zero-order chi connectivity index (χ0) is 12.0. The second-order valence-corrected chi connectivity index (χ2v) is 6.34. The van der Waals surface area contributed by atoms with Gasteiger partial charge in [-0.2, -0.15) is 0 Å². The highest BCUT2D eigenvalue weighted by Gasteiger charge is 2.62. The van der Waals surface area contributed by atoms with Crippen LogP contribution >= 0.6 is 0 Å². The van der Waals surface area contributed by atoms with Crippen molar-refractivity contribution in [2.45, 2.75) is 65.9 Å². The van der Waals surface area contributed by atoms with Crippen LogP contribution in [-0.4, -0.2) is 12.1 Å². The molecular weight excluding hydrogens is 200 g/mol. The minimum absolute atomic E-state index is 0.00271. The Hall–Kier alpha value is -0.530. The summed E-state index contributed by atoms with van der Waals surface area (Å²) in [7, 11) is 0. The zero-order valence-corrected chi connectivity index (χ0v) is 11.0. The summed E-state index contributed by atoms with van der Waals surface area (Å²) in [5.41, 5.74) is 0.547. The Morgan fingerprint density at radius 1 is 1.38 bits per heavy atom. The predicted octanol–water partition coefficient (Wildman–Crippen LogP) is 3.54. The summed E-state index contributed by atoms with van der Waals surface area (Å²) in [5, 5.41) is 0. The molecule has 2 saturated carbocycles. The highest BCUT2D eigenvalue weighted by atomic mass is 16.5. The van der Waals surface area contributed by atoms with Crippen molar-refractivity contribution in [2.75, 3.05) is 0 Å². The molecule has 0 N–H and O–H groups in total. The van der Waals surface area contributed by atoms with Gasteiger partial charge in [-0.05, 0) is 37.0 Å². The molecule has 2 bridgehead atoms. The van der Waals surface area contributed by atoms with Crippen LogP contribution < -0.4 is 0 Å². The quantitative estimate of drug-likeness (QED) is 0.685. The SMILES string of the molecule is CCCC(=O)OC1CC2CC[C@@]1(C)C2(C)C. The van der Waals surface area contributed by atoms with Gasteiger partial charge in [0, 0.05) is 11.8 Å². The molecule has 0 amide bonds. The lowest BCUT2D eigenvalue weighted by atomic mass is 9.70. The van der Waals surface area contributed by atoms with E-state index in [1.807, 2.05) is 6.92 Å². The fraction of sp³-hybridized carbons (Fsp3) is 0.929. The Morgan fingerprint density at radius 2 is 2.06 bits per heavy atom. The van der Waals surface area contributed by atoms with Gasteiger partial charge in [0.05, 0.1) is 0 Å². The minimum Gasteiger partial charge on any atom is -0.462 e. The van der Waals surface area contributed by atoms with Crippen LogP contribution in [0.4, 0.5) is 0 Å². The lowest BCUT2D eigenvalue weighted by Crippen LogP contribution is -2.38. The van der Waals surface area contributed by atoms with Crippen molar-refractivity contribution in [1.29, 1.82) is 0 Å². The third-order valence-electron chi connectivity index (χ3n) is 5.44. The number of hydrogen-bond donors (Lipinski definition) is 0. The van der Waals surface area contributed by atoms with Gasteiger partial charge in [-0.25, -0.2) is 0 Å². The minimum atomic E-state index is -0.00271. The molecule has 2 fully saturated rings. The smallest absolute Gasteiger partial charge is 0.306 e. The fourth-order valence-electron chi connectivity index (χ4n) is 3.73. The first-order valence-electron chi connectivity index (χ1n) is 6.61. The normalized spacial score (nSPS) is 40.0. The zero-order valence-electron chi connectivity index (χ0n) is 11.0. The summed E-state index contributed by atoms with van der Waals surface area (Å²) in [6, 6.07) is 0. The molecule has 0 aromatic carbocycles. The lowest BCUT2D eigenvalue weighted by Gasteiger charge is -2.38. The molecule has 0 radical (unpaired) electrons. The number of hydrogen-bond acceptors (Lipinski definition) is 2. The predicted molar refractivity (Wildman–Crippen MR) is 64.0 cm³/mol. The van der Waals surface area contributed by atoms with Crippen LogP contribution in [0.15, 0.2) is 0 Å². The first-order valence-corrected chi connectivity index (χ1v) is 6.61. The Morgan fingerprint density at radius 3 is 2.50 bits per heavy atom. The summed E-state index contributed by atoms with van der Waals surface area (Å²) >= 11 is 0. The van der Waals surface area contributed by atoms with Crippen LogP contribution in [0.5, 0.6) is 0 Å². The molecule has 2 unspecified atom stereocenters. The third-order valence-corrected chi connectivity index (χ3v) is 5.44. The maximum Gasteiger partial charge on any atom is 0.306 e. The van der Waals surface area contributed by atoms with Crippen LogP contribution in [-0.2, 0) is 9.53 Å². The van der Waals surface area contributed by atoms with E-state index in [0.29, 0.717) is 11.8 Å². The van der Waals surface area contributed by atoms with Gasteiger partial charge in [0.15, 0.2) is 0 Å². The topological polar surface area (TPSA) is 26.3 Å². The molecule has 2 rings (SSSR count). The van der Waals surface area contributed by atoms with E-state index in [1.54, 1.807) is 0 Å². The molecule has 3 atom stereocenters. The van der Waals surface area contributed by atoms with Gasteiger partial charge in [-0.15, -0.1) is 0 Å². The first kappa shape index (κ1) is 11.9. The van der Waals surface area contributed by atoms with Crippen molar-refractivity contribution in [3.8, 4) is 0 Å². The van der Waals surface area contributed by atoms with E-state index in [9.17, 15) is 4.79 Å². The van der Waals surface area contributed by atoms with E-state index >= 15 is 0 Å². The molecule has 0 spiro atoms. The van der Waals surface area contributed by atoms with E-state index in [4.69, 9.17) is 4.74 Å². The average molecular weight is 224 g/mol. The Balaban J connectivity index is 2.07. The molecule has 2 aliphatic carbocycles. The molecular formula is C14H24O2. The third kappa shape index (κ3) is 1.49. The van der Waals surface area contributed by atoms with E-state index in [1.165, 1.54) is 12.8 Å². The second kappa shape index (κ2) is 3.75. The van der Waals surface area contributed by atoms with Crippen LogP contribution in [0.1, 0.15) is 59.8 Å². The summed E-state index contributed by atoms with van der Waals surface area (Å²) in [6.45, 7) is 9.02. The molecule has 0 heterocycles. The van der Waals surface area contributed by atoms with Gasteiger partial charge in [-0.1, -0.05) is 27.7 Å². The van der Waals surface area contributed by atoms with Crippen molar-refractivity contribution in [3.63, 3.8) is 0 Å². The lowest BCUT2D eigenvalue weighted by molar-refractivity contribution is -0.156. The van der Waals surface area contributed by atoms with Crippen LogP contribution in [0, 0.1) is 16.7 Å². The summed E-state index contributed by atoms with van der Waals surface area (Å²) < 4.78 is 5.69. The molecule has 92 valence electrons. The summed E-state index contributed by atoms with van der Waals surface area (Å²) in [5.74, 6) is 0.744. The highest BCUT2D eigenvalue weighted by molar-refractivity contribution is 5.69. The molecule has 2 aliphatic rings. The molecule has 2 nitrogen and oxygen atoms in total. The van der Waals surface area contributed by atoms with E-state index in [2.05, 4.69) is 20.8 Å². The Kier molecular flexibility index (Phi) is 2.80. The first-order chi connectivity index (χ1) is 7.41. The van der Waals surface area contributed by atoms with Gasteiger partial charge in [0.25, 0.3) is 0 Å². The maximum atomic E-state index is 11.6. The molecule has 0 aromatic rings. The Labute approximate surface area is 98.7 Å². The largest absolute Gasteiger partial charge is 0.462 e. The number of carbonyl (C=O) groups excluding carboxylic acids is 1. The molecule has 0 aliphatic heterocycles. The van der Waals surface area contributed by atoms with Gasteiger partial charge >= 0.3 is 5.97 Å². The molecule has 0 saturated heterocycles. The molecule has 0 aromatic heterocycles. The van der Waals surface area contributed by atoms with Gasteiger partial charge in [-0.3, -0.25) is 4.79 Å². The molecule has 2 heteroatoms. The van der Waals surface area contributed by atoms with Crippen molar-refractivity contribution in [3.05, 3.63) is 0 Å². The summed E-state index contributed by atoms with van der Waals surface area (Å²) in [6.07, 6.45) is 5.23. The van der Waals surface area contributed by atoms with Crippen molar-refractivity contribution in [1.82, 2.24) is 0 Å². The van der Waals surface area contributed by atoms with E-state index < -0.39 is 0 Å². The maximum absolute atomic E-state index is 11.6. The van der Waals surface area contributed by atoms with Crippen molar-refractivity contribution >= 4 is 5.97 Å². The van der Waals surface area contributed by atoms with Gasteiger partial charge in [0.1, 0.15) is 6.10 Å².